The van der Waals surface area contributed by atoms with Crippen LogP contribution in [0.15, 0.2) is 0 Å². The van der Waals surface area contributed by atoms with Crippen molar-refractivity contribution in [2.45, 2.75) is 103 Å². The van der Waals surface area contributed by atoms with E-state index < -0.39 is 0 Å². The fourth-order valence-corrected chi connectivity index (χ4v) is 7.02. The standard InChI is InChI=1S/C21H38N2/c1-4-22-19-7-5-6-16(19)10-11-20(22)18-9-8-17-12-13-23(15(2)3)21(17)14-18/h15-21H,4-14H2,1-3H3. The van der Waals surface area contributed by atoms with E-state index in [0.717, 1.165) is 41.9 Å². The van der Waals surface area contributed by atoms with E-state index in [-0.39, 0.29) is 0 Å². The highest BCUT2D eigenvalue weighted by Gasteiger charge is 2.46. The summed E-state index contributed by atoms with van der Waals surface area (Å²) in [5, 5.41) is 0. The van der Waals surface area contributed by atoms with Gasteiger partial charge in [-0.05, 0) is 96.1 Å². The predicted molar refractivity (Wildman–Crippen MR) is 97.6 cm³/mol. The first-order chi connectivity index (χ1) is 11.2. The minimum absolute atomic E-state index is 0.747. The zero-order valence-corrected chi connectivity index (χ0v) is 15.7. The molecule has 0 N–H and O–H groups in total. The molecular weight excluding hydrogens is 280 g/mol. The maximum atomic E-state index is 2.97. The van der Waals surface area contributed by atoms with Gasteiger partial charge in [0.1, 0.15) is 0 Å². The smallest absolute Gasteiger partial charge is 0.0130 e. The molecule has 4 fully saturated rings. The van der Waals surface area contributed by atoms with E-state index in [1.807, 2.05) is 0 Å². The van der Waals surface area contributed by atoms with Gasteiger partial charge in [-0.25, -0.2) is 0 Å². The third kappa shape index (κ3) is 2.88. The van der Waals surface area contributed by atoms with Crippen LogP contribution < -0.4 is 0 Å². The summed E-state index contributed by atoms with van der Waals surface area (Å²) in [6.07, 6.45) is 13.5. The van der Waals surface area contributed by atoms with Gasteiger partial charge in [-0.15, -0.1) is 0 Å². The molecule has 2 nitrogen and oxygen atoms in total. The minimum atomic E-state index is 0.747. The summed E-state index contributed by atoms with van der Waals surface area (Å²) in [7, 11) is 0. The minimum Gasteiger partial charge on any atom is -0.298 e. The van der Waals surface area contributed by atoms with Crippen LogP contribution in [0.4, 0.5) is 0 Å². The van der Waals surface area contributed by atoms with Crippen molar-refractivity contribution in [2.24, 2.45) is 17.8 Å². The summed E-state index contributed by atoms with van der Waals surface area (Å²) in [4.78, 5) is 5.81. The molecule has 2 saturated heterocycles. The Balaban J connectivity index is 1.47. The van der Waals surface area contributed by atoms with Gasteiger partial charge >= 0.3 is 0 Å². The summed E-state index contributed by atoms with van der Waals surface area (Å²) < 4.78 is 0. The molecule has 4 rings (SSSR count). The van der Waals surface area contributed by atoms with E-state index in [1.165, 1.54) is 70.9 Å². The molecule has 6 atom stereocenters. The van der Waals surface area contributed by atoms with E-state index >= 15 is 0 Å². The average molecular weight is 319 g/mol. The third-order valence-electron chi connectivity index (χ3n) is 8.06. The lowest BCUT2D eigenvalue weighted by molar-refractivity contribution is -0.000127. The van der Waals surface area contributed by atoms with Gasteiger partial charge in [0.25, 0.3) is 0 Å². The van der Waals surface area contributed by atoms with Gasteiger partial charge in [0.05, 0.1) is 0 Å². The Bertz CT molecular complexity index is 407. The van der Waals surface area contributed by atoms with Crippen molar-refractivity contribution < 1.29 is 0 Å². The molecule has 0 amide bonds. The van der Waals surface area contributed by atoms with E-state index in [0.29, 0.717) is 0 Å². The van der Waals surface area contributed by atoms with Crippen molar-refractivity contribution >= 4 is 0 Å². The lowest BCUT2D eigenvalue weighted by atomic mass is 9.72. The highest BCUT2D eigenvalue weighted by molar-refractivity contribution is 5.00. The van der Waals surface area contributed by atoms with E-state index in [4.69, 9.17) is 0 Å². The average Bonchev–Trinajstić information content (AvgIpc) is 3.19. The number of fused-ring (bicyclic) bond motifs is 2. The van der Waals surface area contributed by atoms with Gasteiger partial charge in [0.15, 0.2) is 0 Å². The molecule has 0 spiro atoms. The Labute approximate surface area is 144 Å². The molecular formula is C21H38N2. The molecule has 2 saturated carbocycles. The Morgan fingerprint density at radius 3 is 2.26 bits per heavy atom. The van der Waals surface area contributed by atoms with Gasteiger partial charge in [-0.2, -0.15) is 0 Å². The number of nitrogens with zero attached hydrogens (tertiary/aromatic N) is 2. The first kappa shape index (κ1) is 16.4. The number of hydrogen-bond donors (Lipinski definition) is 0. The molecule has 0 aromatic heterocycles. The zero-order valence-electron chi connectivity index (χ0n) is 15.7. The third-order valence-corrected chi connectivity index (χ3v) is 8.06. The summed E-state index contributed by atoms with van der Waals surface area (Å²) in [5.41, 5.74) is 0. The van der Waals surface area contributed by atoms with Crippen LogP contribution >= 0.6 is 0 Å². The highest BCUT2D eigenvalue weighted by atomic mass is 15.2. The van der Waals surface area contributed by atoms with Crippen LogP contribution in [-0.2, 0) is 0 Å². The van der Waals surface area contributed by atoms with Crippen molar-refractivity contribution in [3.8, 4) is 0 Å². The van der Waals surface area contributed by atoms with Crippen LogP contribution in [0, 0.1) is 17.8 Å². The van der Waals surface area contributed by atoms with Gasteiger partial charge in [0, 0.05) is 24.2 Å². The van der Waals surface area contributed by atoms with Crippen LogP contribution in [0.3, 0.4) is 0 Å². The Kier molecular flexibility index (Phi) is 4.75. The number of piperidine rings is 1. The molecule has 132 valence electrons. The van der Waals surface area contributed by atoms with Gasteiger partial charge in [0.2, 0.25) is 0 Å². The molecule has 2 heteroatoms. The number of rotatable bonds is 3. The summed E-state index contributed by atoms with van der Waals surface area (Å²) in [5.74, 6) is 3.05. The van der Waals surface area contributed by atoms with Crippen molar-refractivity contribution in [3.05, 3.63) is 0 Å². The molecule has 0 aromatic carbocycles. The van der Waals surface area contributed by atoms with Crippen LogP contribution in [-0.4, -0.2) is 47.1 Å². The van der Waals surface area contributed by atoms with Crippen molar-refractivity contribution in [1.82, 2.24) is 9.80 Å². The molecule has 6 unspecified atom stereocenters. The highest BCUT2D eigenvalue weighted by Crippen LogP contribution is 2.46. The molecule has 2 aliphatic heterocycles. The molecule has 0 aromatic rings. The summed E-state index contributed by atoms with van der Waals surface area (Å²) in [6.45, 7) is 9.91. The topological polar surface area (TPSA) is 6.48 Å². The first-order valence-electron chi connectivity index (χ1n) is 10.7. The zero-order chi connectivity index (χ0) is 16.0. The molecule has 23 heavy (non-hydrogen) atoms. The second-order valence-corrected chi connectivity index (χ2v) is 9.25. The number of likely N-dealkylation sites (tertiary alicyclic amines) is 2. The van der Waals surface area contributed by atoms with E-state index in [1.54, 1.807) is 0 Å². The fourth-order valence-electron chi connectivity index (χ4n) is 7.02. The van der Waals surface area contributed by atoms with E-state index in [2.05, 4.69) is 30.6 Å². The molecule has 2 aliphatic carbocycles. The Morgan fingerprint density at radius 2 is 1.48 bits per heavy atom. The SMILES string of the molecule is CCN1C2CCCC2CCC1C1CCC2CCN(C(C)C)C2C1. The second-order valence-electron chi connectivity index (χ2n) is 9.25. The van der Waals surface area contributed by atoms with Crippen molar-refractivity contribution in [3.63, 3.8) is 0 Å². The Morgan fingerprint density at radius 1 is 0.783 bits per heavy atom. The quantitative estimate of drug-likeness (QED) is 0.754. The van der Waals surface area contributed by atoms with Crippen LogP contribution in [0.1, 0.15) is 78.6 Å². The fraction of sp³-hybridized carbons (Fsp3) is 1.00. The van der Waals surface area contributed by atoms with Gasteiger partial charge < -0.3 is 0 Å². The first-order valence-corrected chi connectivity index (χ1v) is 10.7. The second kappa shape index (κ2) is 6.67. The Hall–Kier alpha value is -0.0800. The monoisotopic (exact) mass is 318 g/mol. The maximum absolute atomic E-state index is 2.97. The molecule has 4 aliphatic rings. The van der Waals surface area contributed by atoms with Gasteiger partial charge in [-0.3, -0.25) is 9.80 Å². The van der Waals surface area contributed by atoms with Crippen LogP contribution in [0.5, 0.6) is 0 Å². The summed E-state index contributed by atoms with van der Waals surface area (Å²) >= 11 is 0. The summed E-state index contributed by atoms with van der Waals surface area (Å²) in [6, 6.07) is 3.52. The predicted octanol–water partition coefficient (Wildman–Crippen LogP) is 4.54. The van der Waals surface area contributed by atoms with Crippen LogP contribution in [0.2, 0.25) is 0 Å². The largest absolute Gasteiger partial charge is 0.298 e. The molecule has 0 radical (unpaired) electrons. The lowest BCUT2D eigenvalue weighted by Gasteiger charge is -2.49. The maximum Gasteiger partial charge on any atom is 0.0130 e. The molecule has 2 heterocycles. The van der Waals surface area contributed by atoms with Crippen LogP contribution in [0.25, 0.3) is 0 Å². The van der Waals surface area contributed by atoms with E-state index in [9.17, 15) is 0 Å². The van der Waals surface area contributed by atoms with Gasteiger partial charge in [-0.1, -0.05) is 13.3 Å². The molecule has 0 bridgehead atoms. The normalized spacial score (nSPS) is 45.4. The van der Waals surface area contributed by atoms with Crippen molar-refractivity contribution in [1.29, 1.82) is 0 Å². The number of hydrogen-bond acceptors (Lipinski definition) is 2. The lowest BCUT2D eigenvalue weighted by Crippen LogP contribution is -2.54. The van der Waals surface area contributed by atoms with Crippen molar-refractivity contribution in [2.75, 3.05) is 13.1 Å².